The summed E-state index contributed by atoms with van der Waals surface area (Å²) in [5, 5.41) is 2.47. The maximum absolute atomic E-state index is 12.3. The summed E-state index contributed by atoms with van der Waals surface area (Å²) >= 11 is 0. The molecular formula is C15H16N4O5S. The number of methoxy groups -OCH3 is 1. The van der Waals surface area contributed by atoms with Crippen molar-refractivity contribution in [2.24, 2.45) is 0 Å². The van der Waals surface area contributed by atoms with E-state index in [4.69, 9.17) is 4.74 Å². The van der Waals surface area contributed by atoms with Gasteiger partial charge >= 0.3 is 0 Å². The van der Waals surface area contributed by atoms with Crippen LogP contribution in [-0.4, -0.2) is 32.3 Å². The highest BCUT2D eigenvalue weighted by molar-refractivity contribution is 7.89. The van der Waals surface area contributed by atoms with Gasteiger partial charge in [-0.3, -0.25) is 20.0 Å². The molecule has 10 heteroatoms. The summed E-state index contributed by atoms with van der Waals surface area (Å²) in [4.78, 5) is 28.7. The van der Waals surface area contributed by atoms with Crippen molar-refractivity contribution in [1.29, 1.82) is 0 Å². The maximum Gasteiger partial charge on any atom is 0.284 e. The molecule has 132 valence electrons. The Morgan fingerprint density at radius 2 is 1.92 bits per heavy atom. The molecule has 2 rings (SSSR count). The third-order valence-corrected chi connectivity index (χ3v) is 4.23. The fourth-order valence-corrected chi connectivity index (χ4v) is 2.74. The van der Waals surface area contributed by atoms with Gasteiger partial charge in [-0.15, -0.1) is 4.83 Å². The number of benzene rings is 1. The second kappa shape index (κ2) is 7.73. The topological polar surface area (TPSA) is 126 Å². The molecule has 2 amide bonds. The Balaban J connectivity index is 2.18. The number of amides is 2. The average molecular weight is 364 g/mol. The van der Waals surface area contributed by atoms with Crippen LogP contribution in [0.5, 0.6) is 5.75 Å². The SMILES string of the molecule is COc1ccc(S(=O)(=O)NNC(=O)c2ccccn2)cc1NC(C)=O. The summed E-state index contributed by atoms with van der Waals surface area (Å²) in [5.41, 5.74) is 2.31. The summed E-state index contributed by atoms with van der Waals surface area (Å²) in [6.07, 6.45) is 1.41. The number of aromatic nitrogens is 1. The molecule has 3 N–H and O–H groups in total. The van der Waals surface area contributed by atoms with Gasteiger partial charge in [0.1, 0.15) is 11.4 Å². The zero-order valence-electron chi connectivity index (χ0n) is 13.4. The first-order valence-corrected chi connectivity index (χ1v) is 8.50. The van der Waals surface area contributed by atoms with Crippen molar-refractivity contribution in [3.8, 4) is 5.75 Å². The first-order chi connectivity index (χ1) is 11.8. The highest BCUT2D eigenvalue weighted by atomic mass is 32.2. The van der Waals surface area contributed by atoms with Crippen LogP contribution in [0.25, 0.3) is 0 Å². The van der Waals surface area contributed by atoms with Gasteiger partial charge in [0, 0.05) is 13.1 Å². The summed E-state index contributed by atoms with van der Waals surface area (Å²) < 4.78 is 29.7. The molecule has 9 nitrogen and oxygen atoms in total. The maximum atomic E-state index is 12.3. The molecule has 0 unspecified atom stereocenters. The molecule has 0 spiro atoms. The number of nitrogens with zero attached hydrogens (tertiary/aromatic N) is 1. The van der Waals surface area contributed by atoms with Gasteiger partial charge in [0.15, 0.2) is 0 Å². The number of hydrogen-bond donors (Lipinski definition) is 3. The van der Waals surface area contributed by atoms with Crippen LogP contribution >= 0.6 is 0 Å². The van der Waals surface area contributed by atoms with Gasteiger partial charge in [-0.2, -0.15) is 0 Å². The van der Waals surface area contributed by atoms with Gasteiger partial charge in [-0.1, -0.05) is 6.07 Å². The van der Waals surface area contributed by atoms with Crippen LogP contribution in [0.2, 0.25) is 0 Å². The number of sulfonamides is 1. The predicted molar refractivity (Wildman–Crippen MR) is 89.3 cm³/mol. The summed E-state index contributed by atoms with van der Waals surface area (Å²) in [6, 6.07) is 8.54. The van der Waals surface area contributed by atoms with E-state index in [0.29, 0.717) is 5.75 Å². The Bertz CT molecular complexity index is 884. The number of hydrogen-bond acceptors (Lipinski definition) is 6. The van der Waals surface area contributed by atoms with Gasteiger partial charge in [-0.05, 0) is 30.3 Å². The lowest BCUT2D eigenvalue weighted by atomic mass is 10.3. The number of ether oxygens (including phenoxy) is 1. The number of rotatable bonds is 6. The summed E-state index contributed by atoms with van der Waals surface area (Å²) in [7, 11) is -2.67. The molecule has 1 aromatic heterocycles. The molecule has 1 aromatic carbocycles. The fraction of sp³-hybridized carbons (Fsp3) is 0.133. The molecule has 0 saturated heterocycles. The minimum atomic E-state index is -4.06. The molecule has 0 bridgehead atoms. The van der Waals surface area contributed by atoms with Gasteiger partial charge in [-0.25, -0.2) is 8.42 Å². The number of carbonyl (C=O) groups excluding carboxylic acids is 2. The monoisotopic (exact) mass is 364 g/mol. The lowest BCUT2D eigenvalue weighted by molar-refractivity contribution is -0.114. The minimum Gasteiger partial charge on any atom is -0.495 e. The zero-order valence-corrected chi connectivity index (χ0v) is 14.3. The van der Waals surface area contributed by atoms with Crippen LogP contribution < -0.4 is 20.3 Å². The third kappa shape index (κ3) is 4.75. The van der Waals surface area contributed by atoms with E-state index >= 15 is 0 Å². The van der Waals surface area contributed by atoms with E-state index in [2.05, 4.69) is 15.7 Å². The molecule has 0 saturated carbocycles. The largest absolute Gasteiger partial charge is 0.495 e. The van der Waals surface area contributed by atoms with E-state index in [1.54, 1.807) is 12.1 Å². The van der Waals surface area contributed by atoms with E-state index in [0.717, 1.165) is 0 Å². The lowest BCUT2D eigenvalue weighted by Gasteiger charge is -2.12. The number of nitrogens with one attached hydrogen (secondary N) is 3. The van der Waals surface area contributed by atoms with Crippen LogP contribution in [0, 0.1) is 0 Å². The first-order valence-electron chi connectivity index (χ1n) is 7.02. The number of anilines is 1. The molecule has 0 aliphatic carbocycles. The number of carbonyl (C=O) groups is 2. The minimum absolute atomic E-state index is 0.0545. The number of pyridine rings is 1. The second-order valence-corrected chi connectivity index (χ2v) is 6.50. The van der Waals surface area contributed by atoms with Gasteiger partial charge < -0.3 is 10.1 Å². The molecule has 0 aliphatic heterocycles. The van der Waals surface area contributed by atoms with Gasteiger partial charge in [0.25, 0.3) is 15.9 Å². The van der Waals surface area contributed by atoms with E-state index in [1.165, 1.54) is 44.5 Å². The zero-order chi connectivity index (χ0) is 18.4. The highest BCUT2D eigenvalue weighted by Crippen LogP contribution is 2.27. The van der Waals surface area contributed by atoms with Crippen molar-refractivity contribution in [2.75, 3.05) is 12.4 Å². The summed E-state index contributed by atoms with van der Waals surface area (Å²) in [6.45, 7) is 1.28. The molecule has 0 fully saturated rings. The van der Waals surface area contributed by atoms with E-state index in [9.17, 15) is 18.0 Å². The quantitative estimate of drug-likeness (QED) is 0.647. The smallest absolute Gasteiger partial charge is 0.284 e. The van der Waals surface area contributed by atoms with Crippen molar-refractivity contribution in [1.82, 2.24) is 15.2 Å². The highest BCUT2D eigenvalue weighted by Gasteiger charge is 2.18. The van der Waals surface area contributed by atoms with Crippen molar-refractivity contribution in [3.05, 3.63) is 48.3 Å². The molecule has 2 aromatic rings. The molecule has 1 heterocycles. The lowest BCUT2D eigenvalue weighted by Crippen LogP contribution is -2.41. The van der Waals surface area contributed by atoms with Crippen LogP contribution in [0.1, 0.15) is 17.4 Å². The molecule has 25 heavy (non-hydrogen) atoms. The van der Waals surface area contributed by atoms with Gasteiger partial charge in [0.2, 0.25) is 5.91 Å². The summed E-state index contributed by atoms with van der Waals surface area (Å²) in [5.74, 6) is -0.796. The second-order valence-electron chi connectivity index (χ2n) is 4.82. The van der Waals surface area contributed by atoms with Crippen molar-refractivity contribution in [2.45, 2.75) is 11.8 Å². The van der Waals surface area contributed by atoms with Gasteiger partial charge in [0.05, 0.1) is 17.7 Å². The average Bonchev–Trinajstić information content (AvgIpc) is 2.60. The standard InChI is InChI=1S/C15H16N4O5S/c1-10(20)17-13-9-11(6-7-14(13)24-2)25(22,23)19-18-15(21)12-5-3-4-8-16-12/h3-9,19H,1-2H3,(H,17,20)(H,18,21). The Hall–Kier alpha value is -2.98. The van der Waals surface area contributed by atoms with Crippen LogP contribution in [0.4, 0.5) is 5.69 Å². The molecule has 0 atom stereocenters. The van der Waals surface area contributed by atoms with Crippen LogP contribution in [-0.2, 0) is 14.8 Å². The number of hydrazine groups is 1. The first kappa shape index (κ1) is 18.4. The molecule has 0 radical (unpaired) electrons. The Morgan fingerprint density at radius 3 is 2.52 bits per heavy atom. The Labute approximate surface area is 144 Å². The van der Waals surface area contributed by atoms with E-state index in [1.807, 2.05) is 4.83 Å². The fourth-order valence-electron chi connectivity index (χ4n) is 1.88. The van der Waals surface area contributed by atoms with E-state index in [-0.39, 0.29) is 22.2 Å². The Morgan fingerprint density at radius 1 is 1.16 bits per heavy atom. The molecular weight excluding hydrogens is 348 g/mol. The predicted octanol–water partition coefficient (Wildman–Crippen LogP) is 0.672. The Kier molecular flexibility index (Phi) is 5.67. The third-order valence-electron chi connectivity index (χ3n) is 2.99. The van der Waals surface area contributed by atoms with Crippen LogP contribution in [0.3, 0.4) is 0 Å². The van der Waals surface area contributed by atoms with Crippen molar-refractivity contribution in [3.63, 3.8) is 0 Å². The van der Waals surface area contributed by atoms with Crippen molar-refractivity contribution < 1.29 is 22.7 Å². The van der Waals surface area contributed by atoms with Crippen LogP contribution in [0.15, 0.2) is 47.5 Å². The van der Waals surface area contributed by atoms with Crippen molar-refractivity contribution >= 4 is 27.5 Å². The van der Waals surface area contributed by atoms with E-state index < -0.39 is 15.9 Å². The normalized spacial score (nSPS) is 10.8. The molecule has 0 aliphatic rings.